The molecule has 1 aromatic carbocycles. The molecule has 0 saturated heterocycles. The van der Waals surface area contributed by atoms with E-state index >= 15 is 0 Å². The largest absolute Gasteiger partial charge is 0.495 e. The second kappa shape index (κ2) is 8.85. The number of methoxy groups -OCH3 is 1. The van der Waals surface area contributed by atoms with Gasteiger partial charge in [0.15, 0.2) is 0 Å². The molecule has 1 N–H and O–H groups in total. The van der Waals surface area contributed by atoms with Crippen LogP contribution in [0.2, 0.25) is 5.02 Å². The molecule has 20 heavy (non-hydrogen) atoms. The zero-order valence-electron chi connectivity index (χ0n) is 12.5. The maximum atomic E-state index is 12.1. The molecule has 1 rings (SSSR count). The standard InChI is InChI=1S/C16H24ClNO2/c1-4-6-12(7-5-2)11-18-16(19)13-8-9-14(17)15(10-13)20-3/h8-10,12H,4-7,11H2,1-3H3,(H,18,19). The van der Waals surface area contributed by atoms with Crippen molar-refractivity contribution in [1.29, 1.82) is 0 Å². The highest BCUT2D eigenvalue weighted by molar-refractivity contribution is 6.32. The summed E-state index contributed by atoms with van der Waals surface area (Å²) < 4.78 is 5.13. The number of nitrogens with one attached hydrogen (secondary N) is 1. The summed E-state index contributed by atoms with van der Waals surface area (Å²) >= 11 is 5.95. The van der Waals surface area contributed by atoms with E-state index in [9.17, 15) is 4.79 Å². The Morgan fingerprint density at radius 2 is 1.95 bits per heavy atom. The van der Waals surface area contributed by atoms with Crippen molar-refractivity contribution in [2.75, 3.05) is 13.7 Å². The van der Waals surface area contributed by atoms with Crippen molar-refractivity contribution in [3.8, 4) is 5.75 Å². The quantitative estimate of drug-likeness (QED) is 0.777. The van der Waals surface area contributed by atoms with E-state index < -0.39 is 0 Å². The molecule has 3 nitrogen and oxygen atoms in total. The molecular weight excluding hydrogens is 274 g/mol. The number of rotatable bonds is 8. The van der Waals surface area contributed by atoms with Crippen LogP contribution in [0, 0.1) is 5.92 Å². The lowest BCUT2D eigenvalue weighted by Gasteiger charge is -2.16. The Kier molecular flexibility index (Phi) is 7.45. The predicted octanol–water partition coefficient (Wildman–Crippen LogP) is 4.29. The number of carbonyl (C=O) groups is 1. The second-order valence-corrected chi connectivity index (χ2v) is 5.41. The number of carbonyl (C=O) groups excluding carboxylic acids is 1. The lowest BCUT2D eigenvalue weighted by atomic mass is 9.98. The molecule has 0 heterocycles. The van der Waals surface area contributed by atoms with Crippen molar-refractivity contribution in [3.05, 3.63) is 28.8 Å². The first-order valence-electron chi connectivity index (χ1n) is 7.24. The normalized spacial score (nSPS) is 10.7. The van der Waals surface area contributed by atoms with Gasteiger partial charge in [-0.05, 0) is 37.0 Å². The molecule has 0 unspecified atom stereocenters. The summed E-state index contributed by atoms with van der Waals surface area (Å²) in [6, 6.07) is 5.08. The first-order chi connectivity index (χ1) is 9.62. The molecule has 4 heteroatoms. The number of benzene rings is 1. The fourth-order valence-electron chi connectivity index (χ4n) is 2.31. The van der Waals surface area contributed by atoms with Crippen molar-refractivity contribution >= 4 is 17.5 Å². The zero-order chi connectivity index (χ0) is 15.0. The van der Waals surface area contributed by atoms with Gasteiger partial charge in [0.25, 0.3) is 5.91 Å². The van der Waals surface area contributed by atoms with Crippen LogP contribution in [-0.4, -0.2) is 19.6 Å². The minimum atomic E-state index is -0.0721. The fraction of sp³-hybridized carbons (Fsp3) is 0.562. The minimum absolute atomic E-state index is 0.0721. The second-order valence-electron chi connectivity index (χ2n) is 5.00. The number of halogens is 1. The van der Waals surface area contributed by atoms with Gasteiger partial charge in [0, 0.05) is 12.1 Å². The Balaban J connectivity index is 2.61. The molecule has 0 spiro atoms. The van der Waals surface area contributed by atoms with Gasteiger partial charge in [0.05, 0.1) is 12.1 Å². The Hall–Kier alpha value is -1.22. The van der Waals surface area contributed by atoms with Crippen LogP contribution in [0.15, 0.2) is 18.2 Å². The fourth-order valence-corrected chi connectivity index (χ4v) is 2.50. The molecule has 112 valence electrons. The number of hydrogen-bond donors (Lipinski definition) is 1. The lowest BCUT2D eigenvalue weighted by Crippen LogP contribution is -2.29. The molecular formula is C16H24ClNO2. The molecule has 0 saturated carbocycles. The van der Waals surface area contributed by atoms with Crippen LogP contribution in [0.25, 0.3) is 0 Å². The first-order valence-corrected chi connectivity index (χ1v) is 7.61. The molecule has 1 amide bonds. The van der Waals surface area contributed by atoms with E-state index in [4.69, 9.17) is 16.3 Å². The molecule has 0 aliphatic rings. The van der Waals surface area contributed by atoms with Crippen LogP contribution in [0.5, 0.6) is 5.75 Å². The predicted molar refractivity (Wildman–Crippen MR) is 83.6 cm³/mol. The maximum Gasteiger partial charge on any atom is 0.251 e. The molecule has 0 aliphatic heterocycles. The van der Waals surface area contributed by atoms with Gasteiger partial charge in [-0.15, -0.1) is 0 Å². The SMILES string of the molecule is CCCC(CCC)CNC(=O)c1ccc(Cl)c(OC)c1. The smallest absolute Gasteiger partial charge is 0.251 e. The van der Waals surface area contributed by atoms with Gasteiger partial charge < -0.3 is 10.1 Å². The lowest BCUT2D eigenvalue weighted by molar-refractivity contribution is 0.0945. The van der Waals surface area contributed by atoms with Crippen LogP contribution in [0.4, 0.5) is 0 Å². The van der Waals surface area contributed by atoms with Crippen LogP contribution < -0.4 is 10.1 Å². The van der Waals surface area contributed by atoms with E-state index in [0.717, 1.165) is 32.2 Å². The van der Waals surface area contributed by atoms with Gasteiger partial charge in [-0.1, -0.05) is 38.3 Å². The summed E-state index contributed by atoms with van der Waals surface area (Å²) in [5, 5.41) is 3.51. The summed E-state index contributed by atoms with van der Waals surface area (Å²) in [7, 11) is 1.54. The third kappa shape index (κ3) is 5.04. The van der Waals surface area contributed by atoms with Crippen molar-refractivity contribution in [1.82, 2.24) is 5.32 Å². The summed E-state index contributed by atoms with van der Waals surface area (Å²) in [5.41, 5.74) is 0.581. The molecule has 0 bridgehead atoms. The summed E-state index contributed by atoms with van der Waals surface area (Å²) in [6.45, 7) is 5.08. The van der Waals surface area contributed by atoms with Crippen molar-refractivity contribution in [2.45, 2.75) is 39.5 Å². The number of amides is 1. The Morgan fingerprint density at radius 3 is 2.50 bits per heavy atom. The van der Waals surface area contributed by atoms with Crippen molar-refractivity contribution in [2.24, 2.45) is 5.92 Å². The first kappa shape index (κ1) is 16.8. The van der Waals surface area contributed by atoms with Crippen LogP contribution in [-0.2, 0) is 0 Å². The highest BCUT2D eigenvalue weighted by atomic mass is 35.5. The van der Waals surface area contributed by atoms with Gasteiger partial charge in [-0.25, -0.2) is 0 Å². The van der Waals surface area contributed by atoms with E-state index in [1.54, 1.807) is 25.3 Å². The number of hydrogen-bond acceptors (Lipinski definition) is 2. The van der Waals surface area contributed by atoms with E-state index in [1.165, 1.54) is 0 Å². The van der Waals surface area contributed by atoms with Gasteiger partial charge in [-0.2, -0.15) is 0 Å². The average molecular weight is 298 g/mol. The van der Waals surface area contributed by atoms with E-state index in [1.807, 2.05) is 0 Å². The molecule has 0 fully saturated rings. The summed E-state index contributed by atoms with van der Waals surface area (Å²) in [4.78, 5) is 12.1. The highest BCUT2D eigenvalue weighted by Crippen LogP contribution is 2.25. The third-order valence-electron chi connectivity index (χ3n) is 3.36. The summed E-state index contributed by atoms with van der Waals surface area (Å²) in [5.74, 6) is 1.01. The Labute approximate surface area is 126 Å². The van der Waals surface area contributed by atoms with Crippen LogP contribution in [0.1, 0.15) is 49.9 Å². The van der Waals surface area contributed by atoms with E-state index in [0.29, 0.717) is 22.3 Å². The number of ether oxygens (including phenoxy) is 1. The van der Waals surface area contributed by atoms with E-state index in [-0.39, 0.29) is 5.91 Å². The third-order valence-corrected chi connectivity index (χ3v) is 3.67. The Morgan fingerprint density at radius 1 is 1.30 bits per heavy atom. The molecule has 0 aromatic heterocycles. The maximum absolute atomic E-state index is 12.1. The average Bonchev–Trinajstić information content (AvgIpc) is 2.45. The monoisotopic (exact) mass is 297 g/mol. The molecule has 1 aromatic rings. The summed E-state index contributed by atoms with van der Waals surface area (Å²) in [6.07, 6.45) is 4.60. The zero-order valence-corrected chi connectivity index (χ0v) is 13.3. The minimum Gasteiger partial charge on any atom is -0.495 e. The van der Waals surface area contributed by atoms with Crippen molar-refractivity contribution in [3.63, 3.8) is 0 Å². The van der Waals surface area contributed by atoms with Gasteiger partial charge in [0.1, 0.15) is 5.75 Å². The van der Waals surface area contributed by atoms with Gasteiger partial charge >= 0.3 is 0 Å². The molecule has 0 radical (unpaired) electrons. The van der Waals surface area contributed by atoms with Crippen LogP contribution in [0.3, 0.4) is 0 Å². The highest BCUT2D eigenvalue weighted by Gasteiger charge is 2.12. The van der Waals surface area contributed by atoms with E-state index in [2.05, 4.69) is 19.2 Å². The van der Waals surface area contributed by atoms with Gasteiger partial charge in [0.2, 0.25) is 0 Å². The molecule has 0 aliphatic carbocycles. The van der Waals surface area contributed by atoms with Crippen molar-refractivity contribution < 1.29 is 9.53 Å². The Bertz CT molecular complexity index is 428. The molecule has 0 atom stereocenters. The topological polar surface area (TPSA) is 38.3 Å². The van der Waals surface area contributed by atoms with Crippen LogP contribution >= 0.6 is 11.6 Å². The van der Waals surface area contributed by atoms with Gasteiger partial charge in [-0.3, -0.25) is 4.79 Å².